The van der Waals surface area contributed by atoms with Crippen molar-refractivity contribution in [2.24, 2.45) is 5.73 Å². The molecule has 2 N–H and O–H groups in total. The van der Waals surface area contributed by atoms with Crippen LogP contribution >= 0.6 is 23.2 Å². The van der Waals surface area contributed by atoms with Crippen molar-refractivity contribution < 1.29 is 18.8 Å². The maximum Gasteiger partial charge on any atom is 0.282 e. The first-order valence-electron chi connectivity index (χ1n) is 5.70. The lowest BCUT2D eigenvalue weighted by atomic mass is 10.1. The fourth-order valence-electron chi connectivity index (χ4n) is 1.68. The van der Waals surface area contributed by atoms with E-state index >= 15 is 0 Å². The topological polar surface area (TPSA) is 95.5 Å². The second kappa shape index (κ2) is 6.17. The van der Waals surface area contributed by atoms with E-state index in [-0.39, 0.29) is 27.1 Å². The SMILES string of the molecule is NC(=O)c1cc(Oc2c(F)cc(Cl)cc2Cl)ccc1[N+](=O)[O-]. The van der Waals surface area contributed by atoms with Gasteiger partial charge in [0.25, 0.3) is 11.6 Å². The van der Waals surface area contributed by atoms with Crippen molar-refractivity contribution >= 4 is 34.8 Å². The molecule has 0 saturated heterocycles. The van der Waals surface area contributed by atoms with E-state index in [4.69, 9.17) is 33.7 Å². The molecule has 0 aliphatic heterocycles. The summed E-state index contributed by atoms with van der Waals surface area (Å²) in [4.78, 5) is 21.3. The van der Waals surface area contributed by atoms with Crippen LogP contribution in [0.2, 0.25) is 10.0 Å². The van der Waals surface area contributed by atoms with Crippen molar-refractivity contribution in [2.45, 2.75) is 0 Å². The number of nitrogens with zero attached hydrogens (tertiary/aromatic N) is 1. The molecule has 0 aliphatic rings. The molecule has 0 aromatic heterocycles. The molecule has 0 radical (unpaired) electrons. The highest BCUT2D eigenvalue weighted by atomic mass is 35.5. The average molecular weight is 345 g/mol. The smallest absolute Gasteiger partial charge is 0.282 e. The summed E-state index contributed by atoms with van der Waals surface area (Å²) in [6.07, 6.45) is 0. The Labute approximate surface area is 133 Å². The van der Waals surface area contributed by atoms with Gasteiger partial charge in [0.2, 0.25) is 0 Å². The van der Waals surface area contributed by atoms with Crippen molar-refractivity contribution in [3.8, 4) is 11.5 Å². The van der Waals surface area contributed by atoms with Crippen molar-refractivity contribution in [1.82, 2.24) is 0 Å². The molecule has 1 amide bonds. The van der Waals surface area contributed by atoms with Gasteiger partial charge in [-0.05, 0) is 18.2 Å². The van der Waals surface area contributed by atoms with E-state index in [0.29, 0.717) is 0 Å². The third-order valence-electron chi connectivity index (χ3n) is 2.61. The average Bonchev–Trinajstić information content (AvgIpc) is 2.42. The first-order valence-corrected chi connectivity index (χ1v) is 6.46. The summed E-state index contributed by atoms with van der Waals surface area (Å²) in [7, 11) is 0. The molecule has 0 fully saturated rings. The molecule has 0 atom stereocenters. The number of nitrogens with two attached hydrogens (primary N) is 1. The Morgan fingerprint density at radius 1 is 1.27 bits per heavy atom. The Hall–Kier alpha value is -2.38. The highest BCUT2D eigenvalue weighted by molar-refractivity contribution is 6.35. The third kappa shape index (κ3) is 3.26. The maximum atomic E-state index is 13.8. The summed E-state index contributed by atoms with van der Waals surface area (Å²) in [5.74, 6) is -2.20. The van der Waals surface area contributed by atoms with Gasteiger partial charge >= 0.3 is 0 Å². The van der Waals surface area contributed by atoms with Gasteiger partial charge in [0.15, 0.2) is 11.6 Å². The van der Waals surface area contributed by atoms with Gasteiger partial charge in [-0.3, -0.25) is 14.9 Å². The van der Waals surface area contributed by atoms with Gasteiger partial charge in [-0.1, -0.05) is 23.2 Å². The number of rotatable bonds is 4. The summed E-state index contributed by atoms with van der Waals surface area (Å²) >= 11 is 11.5. The van der Waals surface area contributed by atoms with Gasteiger partial charge in [-0.2, -0.15) is 0 Å². The van der Waals surface area contributed by atoms with E-state index in [2.05, 4.69) is 0 Å². The number of ether oxygens (including phenoxy) is 1. The minimum Gasteiger partial charge on any atom is -0.453 e. The number of amides is 1. The van der Waals surface area contributed by atoms with Gasteiger partial charge in [0.05, 0.1) is 9.95 Å². The van der Waals surface area contributed by atoms with E-state index in [1.54, 1.807) is 0 Å². The number of hydrogen-bond acceptors (Lipinski definition) is 4. The highest BCUT2D eigenvalue weighted by Crippen LogP contribution is 2.35. The maximum absolute atomic E-state index is 13.8. The van der Waals surface area contributed by atoms with E-state index < -0.39 is 22.3 Å². The van der Waals surface area contributed by atoms with E-state index in [1.807, 2.05) is 0 Å². The minimum atomic E-state index is -1.01. The largest absolute Gasteiger partial charge is 0.453 e. The van der Waals surface area contributed by atoms with E-state index in [9.17, 15) is 19.3 Å². The molecule has 22 heavy (non-hydrogen) atoms. The molecular formula is C13H7Cl2FN2O4. The number of benzene rings is 2. The Morgan fingerprint density at radius 3 is 2.50 bits per heavy atom. The van der Waals surface area contributed by atoms with Crippen LogP contribution in [0.25, 0.3) is 0 Å². The Bertz CT molecular complexity index is 760. The molecule has 0 aliphatic carbocycles. The van der Waals surface area contributed by atoms with E-state index in [0.717, 1.165) is 18.2 Å². The van der Waals surface area contributed by atoms with Gasteiger partial charge < -0.3 is 10.5 Å². The molecule has 0 spiro atoms. The summed E-state index contributed by atoms with van der Waals surface area (Å²) < 4.78 is 19.0. The van der Waals surface area contributed by atoms with Crippen molar-refractivity contribution in [3.63, 3.8) is 0 Å². The summed E-state index contributed by atoms with van der Waals surface area (Å²) in [5.41, 5.74) is 4.23. The second-order valence-corrected chi connectivity index (χ2v) is 4.94. The molecule has 9 heteroatoms. The monoisotopic (exact) mass is 344 g/mol. The van der Waals surface area contributed by atoms with E-state index in [1.165, 1.54) is 12.1 Å². The quantitative estimate of drug-likeness (QED) is 0.671. The van der Waals surface area contributed by atoms with Crippen LogP contribution < -0.4 is 10.5 Å². The van der Waals surface area contributed by atoms with Crippen LogP contribution in [0.3, 0.4) is 0 Å². The van der Waals surface area contributed by atoms with Crippen LogP contribution in [0.15, 0.2) is 30.3 Å². The molecule has 0 saturated carbocycles. The van der Waals surface area contributed by atoms with Crippen molar-refractivity contribution in [2.75, 3.05) is 0 Å². The zero-order valence-electron chi connectivity index (χ0n) is 10.7. The molecule has 6 nitrogen and oxygen atoms in total. The number of primary amides is 1. The first kappa shape index (κ1) is 16.0. The Balaban J connectivity index is 2.45. The van der Waals surface area contributed by atoms with Crippen LogP contribution in [-0.4, -0.2) is 10.8 Å². The number of halogens is 3. The Morgan fingerprint density at radius 2 is 1.95 bits per heavy atom. The van der Waals surface area contributed by atoms with Gasteiger partial charge in [0, 0.05) is 17.2 Å². The lowest BCUT2D eigenvalue weighted by Gasteiger charge is -2.10. The van der Waals surface area contributed by atoms with Crippen LogP contribution in [0.1, 0.15) is 10.4 Å². The number of nitro benzene ring substituents is 1. The lowest BCUT2D eigenvalue weighted by Crippen LogP contribution is -2.13. The third-order valence-corrected chi connectivity index (χ3v) is 3.11. The standard InChI is InChI=1S/C13H7Cl2FN2O4/c14-6-3-9(15)12(10(16)4-6)22-7-1-2-11(18(20)21)8(5-7)13(17)19/h1-5H,(H2,17,19). The summed E-state index contributed by atoms with van der Waals surface area (Å²) in [5, 5.41) is 10.8. The Kier molecular flexibility index (Phi) is 4.48. The fraction of sp³-hybridized carbons (Fsp3) is 0. The number of hydrogen-bond donors (Lipinski definition) is 1. The zero-order chi connectivity index (χ0) is 16.4. The second-order valence-electron chi connectivity index (χ2n) is 4.10. The van der Waals surface area contributed by atoms with Crippen molar-refractivity contribution in [3.05, 3.63) is 61.9 Å². The first-order chi connectivity index (χ1) is 10.3. The molecular weight excluding hydrogens is 338 g/mol. The van der Waals surface area contributed by atoms with Gasteiger partial charge in [-0.15, -0.1) is 0 Å². The van der Waals surface area contributed by atoms with Gasteiger partial charge in [-0.25, -0.2) is 4.39 Å². The van der Waals surface area contributed by atoms with Crippen LogP contribution in [0.4, 0.5) is 10.1 Å². The number of carbonyl (C=O) groups excluding carboxylic acids is 1. The summed E-state index contributed by atoms with van der Waals surface area (Å²) in [6.45, 7) is 0. The molecule has 2 aromatic carbocycles. The van der Waals surface area contributed by atoms with Gasteiger partial charge in [0.1, 0.15) is 11.3 Å². The number of nitro groups is 1. The molecule has 0 heterocycles. The lowest BCUT2D eigenvalue weighted by molar-refractivity contribution is -0.385. The molecule has 0 unspecified atom stereocenters. The highest BCUT2D eigenvalue weighted by Gasteiger charge is 2.20. The fourth-order valence-corrected chi connectivity index (χ4v) is 2.19. The summed E-state index contributed by atoms with van der Waals surface area (Å²) in [6, 6.07) is 5.50. The van der Waals surface area contributed by atoms with Crippen LogP contribution in [-0.2, 0) is 0 Å². The molecule has 0 bridgehead atoms. The predicted octanol–water partition coefficient (Wildman–Crippen LogP) is 3.93. The molecule has 2 aromatic rings. The number of carbonyl (C=O) groups is 1. The zero-order valence-corrected chi connectivity index (χ0v) is 12.2. The molecule has 114 valence electrons. The van der Waals surface area contributed by atoms with Crippen LogP contribution in [0.5, 0.6) is 11.5 Å². The van der Waals surface area contributed by atoms with Crippen molar-refractivity contribution in [1.29, 1.82) is 0 Å². The minimum absolute atomic E-state index is 0.0393. The molecule has 2 rings (SSSR count). The van der Waals surface area contributed by atoms with Crippen LogP contribution in [0, 0.1) is 15.9 Å². The predicted molar refractivity (Wildman–Crippen MR) is 78.1 cm³/mol. The normalized spacial score (nSPS) is 10.3.